The smallest absolute Gasteiger partial charge is 0.257 e. The van der Waals surface area contributed by atoms with Crippen LogP contribution in [-0.4, -0.2) is 26.7 Å². The minimum atomic E-state index is -0.0878. The minimum Gasteiger partial charge on any atom is -0.361 e. The predicted molar refractivity (Wildman–Crippen MR) is 91.1 cm³/mol. The number of fused-ring (bicyclic) bond motifs is 1. The van der Waals surface area contributed by atoms with E-state index in [1.54, 1.807) is 6.92 Å². The second-order valence-corrected chi connectivity index (χ2v) is 7.57. The number of imidazole rings is 1. The maximum atomic E-state index is 12.6. The highest BCUT2D eigenvalue weighted by Gasteiger charge is 2.27. The van der Waals surface area contributed by atoms with E-state index in [4.69, 9.17) is 9.51 Å². The number of nitrogens with zero attached hydrogens (tertiary/aromatic N) is 3. The van der Waals surface area contributed by atoms with Crippen LogP contribution in [-0.2, 0) is 24.8 Å². The topological polar surface area (TPSA) is 73.0 Å². The molecule has 2 aromatic heterocycles. The van der Waals surface area contributed by atoms with Gasteiger partial charge in [0.25, 0.3) is 5.91 Å². The van der Waals surface area contributed by atoms with E-state index in [0.717, 1.165) is 36.6 Å². The Morgan fingerprint density at radius 1 is 1.46 bits per heavy atom. The van der Waals surface area contributed by atoms with E-state index in [1.807, 2.05) is 6.92 Å². The molecular formula is C18H26N4O2. The van der Waals surface area contributed by atoms with Crippen LogP contribution in [0.25, 0.3) is 0 Å². The van der Waals surface area contributed by atoms with Crippen LogP contribution in [0, 0.1) is 6.92 Å². The van der Waals surface area contributed by atoms with E-state index in [0.29, 0.717) is 17.7 Å². The molecule has 6 nitrogen and oxygen atoms in total. The molecule has 1 aliphatic heterocycles. The first kappa shape index (κ1) is 16.7. The molecule has 0 radical (unpaired) electrons. The zero-order chi connectivity index (χ0) is 17.5. The molecule has 0 spiro atoms. The highest BCUT2D eigenvalue weighted by Crippen LogP contribution is 2.24. The summed E-state index contributed by atoms with van der Waals surface area (Å²) in [6.45, 7) is 11.0. The van der Waals surface area contributed by atoms with Gasteiger partial charge in [-0.15, -0.1) is 0 Å². The molecule has 0 aliphatic carbocycles. The molecule has 130 valence electrons. The Kier molecular flexibility index (Phi) is 4.24. The highest BCUT2D eigenvalue weighted by molar-refractivity contribution is 5.96. The van der Waals surface area contributed by atoms with E-state index in [1.165, 1.54) is 0 Å². The van der Waals surface area contributed by atoms with Crippen molar-refractivity contribution < 1.29 is 9.32 Å². The van der Waals surface area contributed by atoms with Gasteiger partial charge < -0.3 is 14.4 Å². The average Bonchev–Trinajstić information content (AvgIpc) is 3.09. The van der Waals surface area contributed by atoms with Crippen molar-refractivity contribution in [2.45, 2.75) is 71.9 Å². The Labute approximate surface area is 142 Å². The summed E-state index contributed by atoms with van der Waals surface area (Å²) in [5.41, 5.74) is 2.45. The molecule has 1 aliphatic rings. The summed E-state index contributed by atoms with van der Waals surface area (Å²) < 4.78 is 7.34. The first-order valence-electron chi connectivity index (χ1n) is 8.62. The lowest BCUT2D eigenvalue weighted by Gasteiger charge is -2.24. The lowest BCUT2D eigenvalue weighted by Crippen LogP contribution is -2.41. The minimum absolute atomic E-state index is 0.0404. The molecule has 3 rings (SSSR count). The Bertz CT molecular complexity index is 752. The van der Waals surface area contributed by atoms with Crippen LogP contribution in [0.15, 0.2) is 10.7 Å². The van der Waals surface area contributed by atoms with Crippen molar-refractivity contribution >= 4 is 5.91 Å². The summed E-state index contributed by atoms with van der Waals surface area (Å²) in [5, 5.41) is 7.10. The Balaban J connectivity index is 1.73. The third-order valence-electron chi connectivity index (χ3n) is 4.59. The van der Waals surface area contributed by atoms with Crippen molar-refractivity contribution in [2.24, 2.45) is 0 Å². The van der Waals surface area contributed by atoms with Crippen LogP contribution < -0.4 is 5.32 Å². The van der Waals surface area contributed by atoms with Crippen LogP contribution >= 0.6 is 0 Å². The lowest BCUT2D eigenvalue weighted by atomic mass is 9.93. The molecule has 0 fully saturated rings. The number of hydrogen-bond acceptors (Lipinski definition) is 4. The fourth-order valence-corrected chi connectivity index (χ4v) is 3.13. The van der Waals surface area contributed by atoms with Crippen LogP contribution in [0.3, 0.4) is 0 Å². The molecule has 6 heteroatoms. The first-order chi connectivity index (χ1) is 11.3. The molecule has 1 N–H and O–H groups in total. The Morgan fingerprint density at radius 3 is 2.88 bits per heavy atom. The number of carbonyl (C=O) groups is 1. The normalized spacial score (nSPS) is 17.6. The van der Waals surface area contributed by atoms with Crippen molar-refractivity contribution in [3.8, 4) is 0 Å². The number of rotatable bonds is 3. The number of amides is 1. The van der Waals surface area contributed by atoms with E-state index >= 15 is 0 Å². The second kappa shape index (κ2) is 6.07. The zero-order valence-electron chi connectivity index (χ0n) is 15.1. The van der Waals surface area contributed by atoms with Gasteiger partial charge in [0.05, 0.1) is 11.4 Å². The number of aromatic nitrogens is 3. The number of hydrogen-bond donors (Lipinski definition) is 1. The largest absolute Gasteiger partial charge is 0.361 e. The summed E-state index contributed by atoms with van der Waals surface area (Å²) >= 11 is 0. The zero-order valence-corrected chi connectivity index (χ0v) is 15.1. The quantitative estimate of drug-likeness (QED) is 0.939. The van der Waals surface area contributed by atoms with Gasteiger partial charge in [-0.25, -0.2) is 4.98 Å². The van der Waals surface area contributed by atoms with Crippen LogP contribution in [0.1, 0.15) is 67.4 Å². The molecule has 0 saturated heterocycles. The van der Waals surface area contributed by atoms with Gasteiger partial charge in [0.1, 0.15) is 17.1 Å². The molecule has 0 bridgehead atoms. The maximum Gasteiger partial charge on any atom is 0.257 e. The van der Waals surface area contributed by atoms with Gasteiger partial charge in [0, 0.05) is 30.6 Å². The van der Waals surface area contributed by atoms with Crippen molar-refractivity contribution in [2.75, 3.05) is 0 Å². The van der Waals surface area contributed by atoms with Crippen molar-refractivity contribution in [3.63, 3.8) is 0 Å². The summed E-state index contributed by atoms with van der Waals surface area (Å²) in [4.78, 5) is 17.4. The molecule has 24 heavy (non-hydrogen) atoms. The van der Waals surface area contributed by atoms with Gasteiger partial charge >= 0.3 is 0 Å². The van der Waals surface area contributed by atoms with Crippen molar-refractivity contribution in [1.29, 1.82) is 0 Å². The Hall–Kier alpha value is -2.11. The van der Waals surface area contributed by atoms with E-state index in [-0.39, 0.29) is 17.4 Å². The summed E-state index contributed by atoms with van der Waals surface area (Å²) in [6.07, 6.45) is 4.59. The first-order valence-corrected chi connectivity index (χ1v) is 8.62. The van der Waals surface area contributed by atoms with E-state index in [2.05, 4.69) is 42.0 Å². The standard InChI is InChI=1S/C18H26N4O2/c1-6-13-16(11(2)24-21-13)17(23)19-12-7-8-15-20-14(18(3,4)5)10-22(15)9-12/h10,12H,6-9H2,1-5H3,(H,19,23). The fourth-order valence-electron chi connectivity index (χ4n) is 3.13. The van der Waals surface area contributed by atoms with Gasteiger partial charge in [0.15, 0.2) is 0 Å². The van der Waals surface area contributed by atoms with E-state index < -0.39 is 0 Å². The molecule has 1 amide bonds. The van der Waals surface area contributed by atoms with Crippen molar-refractivity contribution in [3.05, 3.63) is 34.7 Å². The number of nitrogens with one attached hydrogen (secondary N) is 1. The summed E-state index contributed by atoms with van der Waals surface area (Å²) in [5.74, 6) is 1.61. The monoisotopic (exact) mass is 330 g/mol. The van der Waals surface area contributed by atoms with Crippen LogP contribution in [0.4, 0.5) is 0 Å². The van der Waals surface area contributed by atoms with Gasteiger partial charge in [-0.2, -0.15) is 0 Å². The van der Waals surface area contributed by atoms with E-state index in [9.17, 15) is 4.79 Å². The predicted octanol–water partition coefficient (Wildman–Crippen LogP) is 2.78. The number of carbonyl (C=O) groups excluding carboxylic acids is 1. The van der Waals surface area contributed by atoms with Crippen molar-refractivity contribution in [1.82, 2.24) is 20.0 Å². The third kappa shape index (κ3) is 3.09. The molecule has 0 aromatic carbocycles. The molecule has 1 unspecified atom stereocenters. The third-order valence-corrected chi connectivity index (χ3v) is 4.59. The highest BCUT2D eigenvalue weighted by atomic mass is 16.5. The number of aryl methyl sites for hydroxylation is 3. The molecule has 1 atom stereocenters. The van der Waals surface area contributed by atoms with Gasteiger partial charge in [-0.3, -0.25) is 4.79 Å². The van der Waals surface area contributed by atoms with Gasteiger partial charge in [0.2, 0.25) is 0 Å². The SMILES string of the molecule is CCc1noc(C)c1C(=O)NC1CCc2nc(C(C)(C)C)cn2C1. The summed E-state index contributed by atoms with van der Waals surface area (Å²) in [6, 6.07) is 0.103. The summed E-state index contributed by atoms with van der Waals surface area (Å²) in [7, 11) is 0. The molecule has 0 saturated carbocycles. The van der Waals surface area contributed by atoms with Gasteiger partial charge in [-0.05, 0) is 19.8 Å². The molecule has 3 heterocycles. The fraction of sp³-hybridized carbons (Fsp3) is 0.611. The van der Waals surface area contributed by atoms with Gasteiger partial charge in [-0.1, -0.05) is 32.9 Å². The lowest BCUT2D eigenvalue weighted by molar-refractivity contribution is 0.0925. The maximum absolute atomic E-state index is 12.6. The van der Waals surface area contributed by atoms with Crippen LogP contribution in [0.5, 0.6) is 0 Å². The average molecular weight is 330 g/mol. The van der Waals surface area contributed by atoms with Crippen LogP contribution in [0.2, 0.25) is 0 Å². The second-order valence-electron chi connectivity index (χ2n) is 7.57. The molecule has 2 aromatic rings. The molecular weight excluding hydrogens is 304 g/mol. The Morgan fingerprint density at radius 2 is 2.21 bits per heavy atom.